The largest absolute Gasteiger partial charge is 0.478 e. The summed E-state index contributed by atoms with van der Waals surface area (Å²) in [6.45, 7) is 3.25. The second-order valence-corrected chi connectivity index (χ2v) is 5.31. The zero-order valence-electron chi connectivity index (χ0n) is 12.7. The van der Waals surface area contributed by atoms with Crippen molar-refractivity contribution in [2.45, 2.75) is 25.9 Å². The zero-order chi connectivity index (χ0) is 17.0. The number of nitrogens with zero attached hydrogens (tertiary/aromatic N) is 2. The molecule has 0 saturated carbocycles. The van der Waals surface area contributed by atoms with Gasteiger partial charge in [-0.25, -0.2) is 4.79 Å². The van der Waals surface area contributed by atoms with Crippen LogP contribution in [0.1, 0.15) is 40.5 Å². The zero-order valence-corrected chi connectivity index (χ0v) is 12.7. The summed E-state index contributed by atoms with van der Waals surface area (Å²) >= 11 is 0. The second kappa shape index (κ2) is 7.19. The monoisotopic (exact) mass is 322 g/mol. The van der Waals surface area contributed by atoms with Crippen molar-refractivity contribution in [2.75, 3.05) is 19.7 Å². The van der Waals surface area contributed by atoms with E-state index >= 15 is 0 Å². The first-order chi connectivity index (χ1) is 10.9. The van der Waals surface area contributed by atoms with E-state index in [1.54, 1.807) is 6.92 Å². The molecule has 8 nitrogen and oxygen atoms in total. The van der Waals surface area contributed by atoms with Gasteiger partial charge < -0.3 is 14.7 Å². The number of carbonyl (C=O) groups excluding carboxylic acids is 1. The first-order valence-corrected chi connectivity index (χ1v) is 7.36. The van der Waals surface area contributed by atoms with Gasteiger partial charge >= 0.3 is 5.97 Å². The number of amides is 1. The van der Waals surface area contributed by atoms with E-state index in [2.05, 4.69) is 0 Å². The maximum Gasteiger partial charge on any atom is 0.335 e. The van der Waals surface area contributed by atoms with Gasteiger partial charge in [-0.2, -0.15) is 0 Å². The van der Waals surface area contributed by atoms with Crippen LogP contribution < -0.4 is 0 Å². The van der Waals surface area contributed by atoms with E-state index in [1.165, 1.54) is 4.90 Å². The summed E-state index contributed by atoms with van der Waals surface area (Å²) in [5, 5.41) is 20.0. The number of carboxylic acid groups (broad SMARTS) is 1. The van der Waals surface area contributed by atoms with E-state index in [9.17, 15) is 19.7 Å². The molecule has 1 atom stereocenters. The minimum Gasteiger partial charge on any atom is -0.478 e. The minimum atomic E-state index is -1.31. The first kappa shape index (κ1) is 16.9. The summed E-state index contributed by atoms with van der Waals surface area (Å²) in [5.41, 5.74) is -0.700. The Hall–Kier alpha value is -2.48. The van der Waals surface area contributed by atoms with Crippen LogP contribution in [-0.4, -0.2) is 52.6 Å². The minimum absolute atomic E-state index is 0.00329. The van der Waals surface area contributed by atoms with Gasteiger partial charge in [0.05, 0.1) is 16.6 Å². The molecule has 2 rings (SSSR count). The molecular weight excluding hydrogens is 304 g/mol. The molecule has 1 aliphatic rings. The van der Waals surface area contributed by atoms with Gasteiger partial charge in [0.2, 0.25) is 0 Å². The van der Waals surface area contributed by atoms with Gasteiger partial charge in [-0.05, 0) is 25.8 Å². The van der Waals surface area contributed by atoms with Crippen LogP contribution in [0.25, 0.3) is 0 Å². The highest BCUT2D eigenvalue weighted by Crippen LogP contribution is 2.20. The average molecular weight is 322 g/mol. The van der Waals surface area contributed by atoms with Crippen molar-refractivity contribution in [3.8, 4) is 0 Å². The number of nitro groups is 1. The lowest BCUT2D eigenvalue weighted by Gasteiger charge is -2.24. The lowest BCUT2D eigenvalue weighted by molar-refractivity contribution is -0.384. The molecule has 23 heavy (non-hydrogen) atoms. The molecule has 1 aromatic carbocycles. The molecule has 0 aromatic heterocycles. The highest BCUT2D eigenvalue weighted by Gasteiger charge is 2.24. The molecule has 0 aliphatic carbocycles. The molecular formula is C15H18N2O6. The van der Waals surface area contributed by atoms with Crippen molar-refractivity contribution < 1.29 is 24.4 Å². The molecule has 1 saturated heterocycles. The lowest BCUT2D eigenvalue weighted by atomic mass is 10.1. The molecule has 1 unspecified atom stereocenters. The molecule has 0 bridgehead atoms. The van der Waals surface area contributed by atoms with Crippen molar-refractivity contribution in [1.29, 1.82) is 0 Å². The molecule has 1 fully saturated rings. The lowest BCUT2D eigenvalue weighted by Crippen LogP contribution is -2.37. The summed E-state index contributed by atoms with van der Waals surface area (Å²) in [6.07, 6.45) is 1.76. The fraction of sp³-hybridized carbons (Fsp3) is 0.467. The molecule has 0 spiro atoms. The van der Waals surface area contributed by atoms with E-state index in [0.29, 0.717) is 19.7 Å². The van der Waals surface area contributed by atoms with Crippen LogP contribution in [0.15, 0.2) is 18.2 Å². The van der Waals surface area contributed by atoms with Crippen LogP contribution in [0.3, 0.4) is 0 Å². The number of carboxylic acids is 1. The summed E-state index contributed by atoms with van der Waals surface area (Å²) in [5.74, 6) is -1.75. The van der Waals surface area contributed by atoms with Gasteiger partial charge in [0.15, 0.2) is 0 Å². The van der Waals surface area contributed by atoms with E-state index < -0.39 is 22.5 Å². The number of hydrogen-bond acceptors (Lipinski definition) is 5. The van der Waals surface area contributed by atoms with E-state index in [0.717, 1.165) is 31.0 Å². The molecule has 1 heterocycles. The maximum atomic E-state index is 12.6. The Labute approximate surface area is 132 Å². The van der Waals surface area contributed by atoms with E-state index in [1.807, 2.05) is 0 Å². The molecule has 1 aromatic rings. The number of rotatable bonds is 6. The molecule has 1 aliphatic heterocycles. The molecule has 124 valence electrons. The number of benzene rings is 1. The number of hydrogen-bond donors (Lipinski definition) is 1. The summed E-state index contributed by atoms with van der Waals surface area (Å²) in [6, 6.07) is 3.21. The summed E-state index contributed by atoms with van der Waals surface area (Å²) < 4.78 is 5.50. The highest BCUT2D eigenvalue weighted by atomic mass is 16.6. The van der Waals surface area contributed by atoms with Crippen LogP contribution in [0.5, 0.6) is 0 Å². The summed E-state index contributed by atoms with van der Waals surface area (Å²) in [7, 11) is 0. The Morgan fingerprint density at radius 3 is 2.61 bits per heavy atom. The third kappa shape index (κ3) is 4.04. The Morgan fingerprint density at radius 1 is 1.39 bits per heavy atom. The number of nitro benzene ring substituents is 1. The average Bonchev–Trinajstić information content (AvgIpc) is 3.04. The number of likely N-dealkylation sites (N-methyl/N-ethyl adjacent to an activating group) is 1. The Bertz CT molecular complexity index is 592. The standard InChI is InChI=1S/C15H18N2O6/c1-2-16(9-13-4-3-5-23-13)14(18)10-6-11(15(19)20)8-12(7-10)17(21)22/h6-8,13H,2-5,9H2,1H3,(H,19,20). The Morgan fingerprint density at radius 2 is 2.09 bits per heavy atom. The van der Waals surface area contributed by atoms with Crippen LogP contribution in [0.4, 0.5) is 5.69 Å². The van der Waals surface area contributed by atoms with Crippen LogP contribution >= 0.6 is 0 Å². The Kier molecular flexibility index (Phi) is 5.28. The number of carbonyl (C=O) groups is 2. The number of ether oxygens (including phenoxy) is 1. The molecule has 1 N–H and O–H groups in total. The van der Waals surface area contributed by atoms with Crippen LogP contribution in [-0.2, 0) is 4.74 Å². The maximum absolute atomic E-state index is 12.6. The van der Waals surface area contributed by atoms with Crippen LogP contribution in [0, 0.1) is 10.1 Å². The molecule has 8 heteroatoms. The van der Waals surface area contributed by atoms with Crippen molar-refractivity contribution in [1.82, 2.24) is 4.90 Å². The van der Waals surface area contributed by atoms with Crippen molar-refractivity contribution >= 4 is 17.6 Å². The van der Waals surface area contributed by atoms with Gasteiger partial charge in [-0.3, -0.25) is 14.9 Å². The smallest absolute Gasteiger partial charge is 0.335 e. The fourth-order valence-electron chi connectivity index (χ4n) is 2.54. The van der Waals surface area contributed by atoms with Crippen molar-refractivity contribution in [2.24, 2.45) is 0 Å². The molecule has 1 amide bonds. The van der Waals surface area contributed by atoms with Gasteiger partial charge in [0, 0.05) is 37.4 Å². The third-order valence-corrected chi connectivity index (χ3v) is 3.74. The quantitative estimate of drug-likeness (QED) is 0.633. The van der Waals surface area contributed by atoms with E-state index in [-0.39, 0.29) is 17.2 Å². The predicted molar refractivity (Wildman–Crippen MR) is 80.6 cm³/mol. The number of aromatic carboxylic acids is 1. The fourth-order valence-corrected chi connectivity index (χ4v) is 2.54. The Balaban J connectivity index is 2.28. The topological polar surface area (TPSA) is 110 Å². The molecule has 0 radical (unpaired) electrons. The number of non-ortho nitro benzene ring substituents is 1. The van der Waals surface area contributed by atoms with Crippen molar-refractivity contribution in [3.63, 3.8) is 0 Å². The SMILES string of the molecule is CCN(CC1CCCO1)C(=O)c1cc(C(=O)O)cc([N+](=O)[O-])c1. The van der Waals surface area contributed by atoms with Gasteiger partial charge in [0.25, 0.3) is 11.6 Å². The van der Waals surface area contributed by atoms with Gasteiger partial charge in [-0.1, -0.05) is 0 Å². The normalized spacial score (nSPS) is 17.0. The summed E-state index contributed by atoms with van der Waals surface area (Å²) in [4.78, 5) is 35.4. The van der Waals surface area contributed by atoms with Crippen molar-refractivity contribution in [3.05, 3.63) is 39.4 Å². The van der Waals surface area contributed by atoms with Gasteiger partial charge in [-0.15, -0.1) is 0 Å². The predicted octanol–water partition coefficient (Wildman–Crippen LogP) is 1.93. The second-order valence-electron chi connectivity index (χ2n) is 5.31. The first-order valence-electron chi connectivity index (χ1n) is 7.36. The van der Waals surface area contributed by atoms with Gasteiger partial charge in [0.1, 0.15) is 0 Å². The highest BCUT2D eigenvalue weighted by molar-refractivity contribution is 5.98. The van der Waals surface area contributed by atoms with E-state index in [4.69, 9.17) is 9.84 Å². The van der Waals surface area contributed by atoms with Crippen LogP contribution in [0.2, 0.25) is 0 Å². The third-order valence-electron chi connectivity index (χ3n) is 3.74.